The number of aryl methyl sites for hydroxylation is 1. The average Bonchev–Trinajstić information content (AvgIpc) is 3.01. The van der Waals surface area contributed by atoms with E-state index in [0.717, 1.165) is 11.1 Å². The van der Waals surface area contributed by atoms with E-state index in [1.54, 1.807) is 18.2 Å². The van der Waals surface area contributed by atoms with Crippen molar-refractivity contribution >= 4 is 11.8 Å². The van der Waals surface area contributed by atoms with E-state index in [9.17, 15) is 19.8 Å². The first-order valence-corrected chi connectivity index (χ1v) is 7.76. The van der Waals surface area contributed by atoms with Crippen molar-refractivity contribution < 1.29 is 24.5 Å². The van der Waals surface area contributed by atoms with E-state index in [2.05, 4.69) is 0 Å². The number of carbonyl (C=O) groups excluding carboxylic acids is 1. The second kappa shape index (κ2) is 6.00. The smallest absolute Gasteiger partial charge is 0.310 e. The van der Waals surface area contributed by atoms with Crippen LogP contribution in [0.3, 0.4) is 0 Å². The zero-order valence-corrected chi connectivity index (χ0v) is 13.5. The van der Waals surface area contributed by atoms with Crippen molar-refractivity contribution in [3.63, 3.8) is 0 Å². The van der Waals surface area contributed by atoms with Crippen LogP contribution in [0.15, 0.2) is 30.3 Å². The van der Waals surface area contributed by atoms with Crippen LogP contribution in [0.1, 0.15) is 45.5 Å². The molecule has 0 saturated heterocycles. The molecule has 2 N–H and O–H groups in total. The van der Waals surface area contributed by atoms with Gasteiger partial charge in [-0.05, 0) is 25.5 Å². The van der Waals surface area contributed by atoms with Gasteiger partial charge in [0.25, 0.3) is 0 Å². The minimum atomic E-state index is -1.06. The molecular formula is C19H18O5. The molecule has 2 aromatic carbocycles. The number of phenols is 1. The van der Waals surface area contributed by atoms with E-state index in [1.807, 2.05) is 19.1 Å². The van der Waals surface area contributed by atoms with Crippen molar-refractivity contribution in [1.82, 2.24) is 0 Å². The lowest BCUT2D eigenvalue weighted by atomic mass is 9.90. The van der Waals surface area contributed by atoms with Gasteiger partial charge in [0.05, 0.1) is 12.5 Å². The van der Waals surface area contributed by atoms with Crippen LogP contribution in [-0.4, -0.2) is 28.6 Å². The standard InChI is InChI=1S/C19H18O5/c1-10-3-5-12(6-4-10)16(20)15-17(21)14(11(2)19(22)23)9-13-7-8-24-18(13)15/h3-6,9,11,21H,7-8H2,1-2H3,(H,22,23). The third kappa shape index (κ3) is 2.62. The van der Waals surface area contributed by atoms with Crippen molar-refractivity contribution in [3.05, 3.63) is 58.1 Å². The normalized spacial score (nSPS) is 13.9. The molecule has 0 radical (unpaired) electrons. The Hall–Kier alpha value is -2.82. The molecule has 24 heavy (non-hydrogen) atoms. The first-order valence-electron chi connectivity index (χ1n) is 7.76. The Bertz CT molecular complexity index is 821. The molecule has 0 aromatic heterocycles. The number of phenolic OH excluding ortho intramolecular Hbond substituents is 1. The summed E-state index contributed by atoms with van der Waals surface area (Å²) in [5.41, 5.74) is 2.49. The SMILES string of the molecule is Cc1ccc(C(=O)c2c(O)c(C(C)C(=O)O)cc3c2OCC3)cc1. The predicted molar refractivity (Wildman–Crippen MR) is 88.0 cm³/mol. The zero-order valence-electron chi connectivity index (χ0n) is 13.5. The van der Waals surface area contributed by atoms with Gasteiger partial charge < -0.3 is 14.9 Å². The Morgan fingerprint density at radius 1 is 1.21 bits per heavy atom. The third-order valence-electron chi connectivity index (χ3n) is 4.35. The summed E-state index contributed by atoms with van der Waals surface area (Å²) in [7, 11) is 0. The van der Waals surface area contributed by atoms with Crippen LogP contribution in [0.4, 0.5) is 0 Å². The first-order chi connectivity index (χ1) is 11.4. The van der Waals surface area contributed by atoms with Crippen LogP contribution in [0, 0.1) is 6.92 Å². The largest absolute Gasteiger partial charge is 0.507 e. The van der Waals surface area contributed by atoms with E-state index in [4.69, 9.17) is 4.74 Å². The van der Waals surface area contributed by atoms with Crippen LogP contribution in [0.2, 0.25) is 0 Å². The second-order valence-electron chi connectivity index (χ2n) is 6.03. The number of ketones is 1. The third-order valence-corrected chi connectivity index (χ3v) is 4.35. The molecule has 124 valence electrons. The van der Waals surface area contributed by atoms with Crippen LogP contribution < -0.4 is 4.74 Å². The minimum Gasteiger partial charge on any atom is -0.507 e. The van der Waals surface area contributed by atoms with Gasteiger partial charge in [-0.2, -0.15) is 0 Å². The number of ether oxygens (including phenoxy) is 1. The number of carbonyl (C=O) groups is 2. The van der Waals surface area contributed by atoms with Crippen molar-refractivity contribution in [2.24, 2.45) is 0 Å². The Morgan fingerprint density at radius 2 is 1.88 bits per heavy atom. The Kier molecular flexibility index (Phi) is 4.01. The highest BCUT2D eigenvalue weighted by Crippen LogP contribution is 2.42. The molecule has 1 unspecified atom stereocenters. The maximum atomic E-state index is 12.9. The predicted octanol–water partition coefficient (Wildman–Crippen LogP) is 3.05. The summed E-state index contributed by atoms with van der Waals surface area (Å²) in [4.78, 5) is 24.2. The molecule has 5 nitrogen and oxygen atoms in total. The molecule has 0 bridgehead atoms. The molecule has 5 heteroatoms. The van der Waals surface area contributed by atoms with Gasteiger partial charge in [-0.3, -0.25) is 9.59 Å². The number of aromatic hydroxyl groups is 1. The average molecular weight is 326 g/mol. The van der Waals surface area contributed by atoms with Gasteiger partial charge in [0, 0.05) is 17.5 Å². The van der Waals surface area contributed by atoms with E-state index >= 15 is 0 Å². The number of benzene rings is 2. The quantitative estimate of drug-likeness (QED) is 0.844. The van der Waals surface area contributed by atoms with Gasteiger partial charge in [0.2, 0.25) is 5.78 Å². The molecule has 1 heterocycles. The Labute approximate surface area is 139 Å². The highest BCUT2D eigenvalue weighted by molar-refractivity contribution is 6.13. The number of hydrogen-bond acceptors (Lipinski definition) is 4. The maximum Gasteiger partial charge on any atom is 0.310 e. The summed E-state index contributed by atoms with van der Waals surface area (Å²) in [5, 5.41) is 19.9. The lowest BCUT2D eigenvalue weighted by Gasteiger charge is -2.16. The van der Waals surface area contributed by atoms with Gasteiger partial charge in [0.1, 0.15) is 17.1 Å². The fourth-order valence-electron chi connectivity index (χ4n) is 2.87. The van der Waals surface area contributed by atoms with Gasteiger partial charge in [-0.1, -0.05) is 29.8 Å². The molecule has 1 aliphatic heterocycles. The molecule has 3 rings (SSSR count). The molecule has 0 fully saturated rings. The van der Waals surface area contributed by atoms with Gasteiger partial charge in [-0.25, -0.2) is 0 Å². The van der Waals surface area contributed by atoms with Crippen LogP contribution in [-0.2, 0) is 11.2 Å². The second-order valence-corrected chi connectivity index (χ2v) is 6.03. The van der Waals surface area contributed by atoms with E-state index < -0.39 is 11.9 Å². The topological polar surface area (TPSA) is 83.8 Å². The summed E-state index contributed by atoms with van der Waals surface area (Å²) < 4.78 is 5.54. The minimum absolute atomic E-state index is 0.0527. The van der Waals surface area contributed by atoms with E-state index in [1.165, 1.54) is 6.92 Å². The summed E-state index contributed by atoms with van der Waals surface area (Å²) in [6.07, 6.45) is 0.586. The maximum absolute atomic E-state index is 12.9. The summed E-state index contributed by atoms with van der Waals surface area (Å²) in [6.45, 7) is 3.81. The van der Waals surface area contributed by atoms with Crippen LogP contribution >= 0.6 is 0 Å². The number of carboxylic acid groups (broad SMARTS) is 1. The lowest BCUT2D eigenvalue weighted by molar-refractivity contribution is -0.138. The molecule has 1 aliphatic rings. The van der Waals surface area contributed by atoms with Crippen molar-refractivity contribution in [2.75, 3.05) is 6.61 Å². The number of carboxylic acids is 1. The molecule has 0 saturated carbocycles. The fourth-order valence-corrected chi connectivity index (χ4v) is 2.87. The highest BCUT2D eigenvalue weighted by atomic mass is 16.5. The zero-order chi connectivity index (χ0) is 17.4. The molecule has 0 amide bonds. The molecule has 2 aromatic rings. The molecule has 0 spiro atoms. The van der Waals surface area contributed by atoms with Gasteiger partial charge in [0.15, 0.2) is 0 Å². The van der Waals surface area contributed by atoms with E-state index in [-0.39, 0.29) is 22.7 Å². The van der Waals surface area contributed by atoms with Crippen molar-refractivity contribution in [2.45, 2.75) is 26.2 Å². The van der Waals surface area contributed by atoms with E-state index in [0.29, 0.717) is 24.3 Å². The Morgan fingerprint density at radius 3 is 2.50 bits per heavy atom. The van der Waals surface area contributed by atoms with Gasteiger partial charge >= 0.3 is 5.97 Å². The number of hydrogen-bond donors (Lipinski definition) is 2. The molecule has 1 atom stereocenters. The Balaban J connectivity index is 2.17. The number of rotatable bonds is 4. The summed E-state index contributed by atoms with van der Waals surface area (Å²) in [6, 6.07) is 8.63. The molecular weight excluding hydrogens is 308 g/mol. The fraction of sp³-hybridized carbons (Fsp3) is 0.263. The highest BCUT2D eigenvalue weighted by Gasteiger charge is 2.31. The van der Waals surface area contributed by atoms with Gasteiger partial charge in [-0.15, -0.1) is 0 Å². The summed E-state index contributed by atoms with van der Waals surface area (Å²) >= 11 is 0. The molecule has 0 aliphatic carbocycles. The lowest BCUT2D eigenvalue weighted by Crippen LogP contribution is -2.11. The number of aliphatic carboxylic acids is 1. The number of fused-ring (bicyclic) bond motifs is 1. The van der Waals surface area contributed by atoms with Crippen molar-refractivity contribution in [1.29, 1.82) is 0 Å². The first kappa shape index (κ1) is 16.1. The monoisotopic (exact) mass is 326 g/mol. The van der Waals surface area contributed by atoms with Crippen molar-refractivity contribution in [3.8, 4) is 11.5 Å². The van der Waals surface area contributed by atoms with Crippen LogP contribution in [0.25, 0.3) is 0 Å². The summed E-state index contributed by atoms with van der Waals surface area (Å²) in [5.74, 6) is -2.29. The van der Waals surface area contributed by atoms with Crippen LogP contribution in [0.5, 0.6) is 11.5 Å².